The molecule has 4 heterocycles. The summed E-state index contributed by atoms with van der Waals surface area (Å²) < 4.78 is 22.6. The predicted octanol–water partition coefficient (Wildman–Crippen LogP) is 4.68. The first-order valence-electron chi connectivity index (χ1n) is 15.5. The number of pyridine rings is 3. The standard InChI is InChI=1S/C34H41FN6O3/c1-23-15-24(10-11-36-23)19-40(28-5-4-12-39(22-28)27-8-9-33(37-18-27)38(2)3)20-25-21-41(26-6-7-26)31-17-32(44-14-13-42)30(35)16-29(31)34(25)43/h8-11,15-18,21,26,28,42H,4-7,12-14,19-20,22H2,1-3H3/t28-/m0/s1. The number of hydrogen-bond acceptors (Lipinski definition) is 8. The molecule has 1 saturated heterocycles. The van der Waals surface area contributed by atoms with Crippen LogP contribution >= 0.6 is 0 Å². The van der Waals surface area contributed by atoms with E-state index in [9.17, 15) is 9.90 Å². The summed E-state index contributed by atoms with van der Waals surface area (Å²) in [6.45, 7) is 4.66. The van der Waals surface area contributed by atoms with Gasteiger partial charge in [-0.2, -0.15) is 0 Å². The zero-order chi connectivity index (χ0) is 30.8. The summed E-state index contributed by atoms with van der Waals surface area (Å²) in [7, 11) is 3.97. The average molecular weight is 601 g/mol. The summed E-state index contributed by atoms with van der Waals surface area (Å²) in [6, 6.07) is 11.7. The van der Waals surface area contributed by atoms with E-state index in [1.807, 2.05) is 56.6 Å². The summed E-state index contributed by atoms with van der Waals surface area (Å²) >= 11 is 0. The lowest BCUT2D eigenvalue weighted by Crippen LogP contribution is -2.48. The first kappa shape index (κ1) is 30.0. The molecule has 0 unspecified atom stereocenters. The van der Waals surface area contributed by atoms with E-state index in [0.717, 1.165) is 61.5 Å². The van der Waals surface area contributed by atoms with Crippen molar-refractivity contribution in [3.63, 3.8) is 0 Å². The molecular weight excluding hydrogens is 559 g/mol. The third kappa shape index (κ3) is 6.56. The van der Waals surface area contributed by atoms with Crippen molar-refractivity contribution in [3.8, 4) is 5.75 Å². The fourth-order valence-electron chi connectivity index (χ4n) is 6.23. The van der Waals surface area contributed by atoms with Crippen LogP contribution in [0.5, 0.6) is 5.75 Å². The molecule has 44 heavy (non-hydrogen) atoms. The summed E-state index contributed by atoms with van der Waals surface area (Å²) in [5.41, 5.74) is 4.37. The van der Waals surface area contributed by atoms with Gasteiger partial charge in [0.25, 0.3) is 0 Å². The van der Waals surface area contributed by atoms with Crippen LogP contribution in [0.15, 0.2) is 59.8 Å². The van der Waals surface area contributed by atoms with Gasteiger partial charge in [-0.3, -0.25) is 14.7 Å². The Hall–Kier alpha value is -4.02. The number of aliphatic hydroxyl groups excluding tert-OH is 1. The Morgan fingerprint density at radius 3 is 2.64 bits per heavy atom. The predicted molar refractivity (Wildman–Crippen MR) is 171 cm³/mol. The molecule has 232 valence electrons. The van der Waals surface area contributed by atoms with Gasteiger partial charge in [0, 0.05) is 87.5 Å². The minimum Gasteiger partial charge on any atom is -0.488 e. The molecule has 0 bridgehead atoms. The molecule has 1 aliphatic carbocycles. The highest BCUT2D eigenvalue weighted by molar-refractivity contribution is 5.81. The van der Waals surface area contributed by atoms with Gasteiger partial charge < -0.3 is 24.2 Å². The maximum absolute atomic E-state index is 15.1. The molecule has 1 atom stereocenters. The fraction of sp³-hybridized carbons (Fsp3) is 0.441. The van der Waals surface area contributed by atoms with Crippen LogP contribution in [0.3, 0.4) is 0 Å². The molecule has 0 amide bonds. The zero-order valence-electron chi connectivity index (χ0n) is 25.7. The third-order valence-electron chi connectivity index (χ3n) is 8.64. The maximum Gasteiger partial charge on any atom is 0.193 e. The van der Waals surface area contributed by atoms with Crippen LogP contribution in [-0.4, -0.2) is 71.0 Å². The number of halogens is 1. The fourth-order valence-corrected chi connectivity index (χ4v) is 6.23. The van der Waals surface area contributed by atoms with Gasteiger partial charge in [0.1, 0.15) is 12.4 Å². The number of nitrogens with zero attached hydrogens (tertiary/aromatic N) is 6. The number of fused-ring (bicyclic) bond motifs is 1. The molecule has 9 nitrogen and oxygen atoms in total. The van der Waals surface area contributed by atoms with E-state index in [1.54, 1.807) is 6.07 Å². The highest BCUT2D eigenvalue weighted by atomic mass is 19.1. The second-order valence-corrected chi connectivity index (χ2v) is 12.2. The van der Waals surface area contributed by atoms with Crippen molar-refractivity contribution in [3.05, 3.63) is 87.9 Å². The number of ether oxygens (including phenoxy) is 1. The number of piperidine rings is 1. The molecule has 3 aromatic heterocycles. The lowest BCUT2D eigenvalue weighted by molar-refractivity contribution is 0.158. The van der Waals surface area contributed by atoms with E-state index in [0.29, 0.717) is 29.6 Å². The molecule has 2 fully saturated rings. The molecule has 1 N–H and O–H groups in total. The molecule has 1 aromatic carbocycles. The van der Waals surface area contributed by atoms with Gasteiger partial charge in [0.05, 0.1) is 24.0 Å². The monoisotopic (exact) mass is 600 g/mol. The molecule has 0 spiro atoms. The van der Waals surface area contributed by atoms with E-state index in [1.165, 1.54) is 6.07 Å². The Morgan fingerprint density at radius 1 is 1.09 bits per heavy atom. The Kier molecular flexibility index (Phi) is 8.81. The summed E-state index contributed by atoms with van der Waals surface area (Å²) in [5, 5.41) is 9.53. The average Bonchev–Trinajstić information content (AvgIpc) is 3.87. The number of aromatic nitrogens is 3. The topological polar surface area (TPSA) is 87.0 Å². The van der Waals surface area contributed by atoms with Crippen LogP contribution in [0.2, 0.25) is 0 Å². The normalized spacial score (nSPS) is 17.0. The Bertz CT molecular complexity index is 1670. The van der Waals surface area contributed by atoms with E-state index in [4.69, 9.17) is 4.74 Å². The summed E-state index contributed by atoms with van der Waals surface area (Å²) in [5.74, 6) is 0.380. The first-order valence-corrected chi connectivity index (χ1v) is 15.5. The number of aliphatic hydroxyl groups is 1. The Labute approximate surface area is 257 Å². The molecule has 1 saturated carbocycles. The van der Waals surface area contributed by atoms with Gasteiger partial charge in [-0.25, -0.2) is 9.37 Å². The lowest BCUT2D eigenvalue weighted by atomic mass is 10.0. The molecule has 0 radical (unpaired) electrons. The van der Waals surface area contributed by atoms with E-state index >= 15 is 4.39 Å². The van der Waals surface area contributed by atoms with Gasteiger partial charge in [0.15, 0.2) is 17.0 Å². The van der Waals surface area contributed by atoms with Crippen molar-refractivity contribution in [1.82, 2.24) is 19.4 Å². The van der Waals surface area contributed by atoms with Crippen LogP contribution in [0.4, 0.5) is 15.9 Å². The zero-order valence-corrected chi connectivity index (χ0v) is 25.7. The van der Waals surface area contributed by atoms with Gasteiger partial charge in [-0.1, -0.05) is 0 Å². The van der Waals surface area contributed by atoms with E-state index < -0.39 is 5.82 Å². The van der Waals surface area contributed by atoms with Crippen LogP contribution in [-0.2, 0) is 13.1 Å². The molecule has 1 aliphatic heterocycles. The SMILES string of the molecule is Cc1cc(CN(Cc2cn(C3CC3)c3cc(OCCO)c(F)cc3c2=O)[C@H]2CCCN(c3ccc(N(C)C)nc3)C2)ccn1. The van der Waals surface area contributed by atoms with Crippen molar-refractivity contribution >= 4 is 22.4 Å². The largest absolute Gasteiger partial charge is 0.488 e. The number of benzene rings is 1. The van der Waals surface area contributed by atoms with Gasteiger partial charge in [-0.15, -0.1) is 0 Å². The molecule has 6 rings (SSSR count). The van der Waals surface area contributed by atoms with Crippen LogP contribution < -0.4 is 20.0 Å². The number of aryl methyl sites for hydroxylation is 1. The highest BCUT2D eigenvalue weighted by Crippen LogP contribution is 2.38. The van der Waals surface area contributed by atoms with Gasteiger partial charge >= 0.3 is 0 Å². The van der Waals surface area contributed by atoms with Gasteiger partial charge in [-0.05, 0) is 68.5 Å². The third-order valence-corrected chi connectivity index (χ3v) is 8.64. The van der Waals surface area contributed by atoms with Crippen LogP contribution in [0.25, 0.3) is 10.9 Å². The van der Waals surface area contributed by atoms with Crippen molar-refractivity contribution in [2.75, 3.05) is 50.2 Å². The van der Waals surface area contributed by atoms with E-state index in [-0.39, 0.29) is 36.5 Å². The number of hydrogen-bond donors (Lipinski definition) is 1. The second-order valence-electron chi connectivity index (χ2n) is 12.2. The molecular formula is C34H41FN6O3. The van der Waals surface area contributed by atoms with Crippen LogP contribution in [0, 0.1) is 12.7 Å². The van der Waals surface area contributed by atoms with E-state index in [2.05, 4.69) is 36.5 Å². The summed E-state index contributed by atoms with van der Waals surface area (Å²) in [6.07, 6.45) is 9.82. The van der Waals surface area contributed by atoms with Crippen molar-refractivity contribution < 1.29 is 14.2 Å². The number of anilines is 2. The molecule has 2 aliphatic rings. The molecule has 4 aromatic rings. The molecule has 10 heteroatoms. The Morgan fingerprint density at radius 2 is 1.93 bits per heavy atom. The Balaban J connectivity index is 1.35. The highest BCUT2D eigenvalue weighted by Gasteiger charge is 2.30. The minimum atomic E-state index is -0.594. The van der Waals surface area contributed by atoms with Gasteiger partial charge in [0.2, 0.25) is 0 Å². The van der Waals surface area contributed by atoms with Crippen LogP contribution in [0.1, 0.15) is 48.5 Å². The summed E-state index contributed by atoms with van der Waals surface area (Å²) in [4.78, 5) is 29.8. The maximum atomic E-state index is 15.1. The lowest BCUT2D eigenvalue weighted by Gasteiger charge is -2.40. The van der Waals surface area contributed by atoms with Crippen molar-refractivity contribution in [2.24, 2.45) is 0 Å². The second kappa shape index (κ2) is 12.9. The van der Waals surface area contributed by atoms with Crippen molar-refractivity contribution in [1.29, 1.82) is 0 Å². The van der Waals surface area contributed by atoms with Crippen molar-refractivity contribution in [2.45, 2.75) is 57.8 Å². The number of rotatable bonds is 11. The smallest absolute Gasteiger partial charge is 0.193 e. The first-order chi connectivity index (χ1) is 21.3. The quantitative estimate of drug-likeness (QED) is 0.266. The minimum absolute atomic E-state index is 0.00806.